The molecule has 0 saturated heterocycles. The molecule has 3 aromatic carbocycles. The van der Waals surface area contributed by atoms with E-state index in [1.807, 2.05) is 36.4 Å². The molecule has 0 bridgehead atoms. The number of halogens is 3. The zero-order chi connectivity index (χ0) is 19.4. The fourth-order valence-electron chi connectivity index (χ4n) is 2.52. The van der Waals surface area contributed by atoms with Crippen molar-refractivity contribution in [1.29, 1.82) is 0 Å². The van der Waals surface area contributed by atoms with Crippen molar-refractivity contribution in [3.8, 4) is 0 Å². The Morgan fingerprint density at radius 3 is 2.19 bits per heavy atom. The lowest BCUT2D eigenvalue weighted by atomic mass is 10.2. The summed E-state index contributed by atoms with van der Waals surface area (Å²) in [6, 6.07) is 21.6. The Balaban J connectivity index is 1.92. The number of benzene rings is 3. The third-order valence-electron chi connectivity index (χ3n) is 3.88. The Morgan fingerprint density at radius 2 is 1.56 bits per heavy atom. The Hall–Kier alpha value is -0.980. The lowest BCUT2D eigenvalue weighted by Crippen LogP contribution is -2.13. The SMILES string of the molecule is O=S(=O)(C[C@@H](Sc1ccc(Cl)c(Cl)c1)c1ccccc1)c1ccc(Br)cc1. The van der Waals surface area contributed by atoms with E-state index < -0.39 is 9.84 Å². The van der Waals surface area contributed by atoms with Crippen molar-refractivity contribution < 1.29 is 8.42 Å². The molecule has 0 spiro atoms. The van der Waals surface area contributed by atoms with Crippen molar-refractivity contribution in [3.05, 3.63) is 92.9 Å². The second kappa shape index (κ2) is 9.01. The number of rotatable bonds is 6. The predicted octanol–water partition coefficient (Wildman–Crippen LogP) is 7.06. The zero-order valence-electron chi connectivity index (χ0n) is 14.0. The highest BCUT2D eigenvalue weighted by molar-refractivity contribution is 9.10. The average Bonchev–Trinajstić information content (AvgIpc) is 2.65. The van der Waals surface area contributed by atoms with Crippen molar-refractivity contribution in [2.75, 3.05) is 5.75 Å². The van der Waals surface area contributed by atoms with Crippen LogP contribution >= 0.6 is 50.9 Å². The van der Waals surface area contributed by atoms with E-state index in [2.05, 4.69) is 15.9 Å². The Labute approximate surface area is 181 Å². The third kappa shape index (κ3) is 5.52. The summed E-state index contributed by atoms with van der Waals surface area (Å²) in [5, 5.41) is 0.640. The van der Waals surface area contributed by atoms with E-state index in [0.717, 1.165) is 14.9 Å². The summed E-state index contributed by atoms with van der Waals surface area (Å²) in [6.45, 7) is 0. The van der Waals surface area contributed by atoms with Gasteiger partial charge in [-0.15, -0.1) is 11.8 Å². The molecule has 7 heteroatoms. The van der Waals surface area contributed by atoms with Crippen LogP contribution in [0.3, 0.4) is 0 Å². The first-order valence-corrected chi connectivity index (χ1v) is 12.1. The van der Waals surface area contributed by atoms with Gasteiger partial charge >= 0.3 is 0 Å². The van der Waals surface area contributed by atoms with Crippen LogP contribution in [0.4, 0.5) is 0 Å². The lowest BCUT2D eigenvalue weighted by molar-refractivity contribution is 0.595. The molecule has 0 radical (unpaired) electrons. The molecule has 0 aliphatic rings. The third-order valence-corrected chi connectivity index (χ3v) is 8.38. The topological polar surface area (TPSA) is 34.1 Å². The number of hydrogen-bond acceptors (Lipinski definition) is 3. The van der Waals surface area contributed by atoms with Gasteiger partial charge in [-0.3, -0.25) is 0 Å². The summed E-state index contributed by atoms with van der Waals surface area (Å²) in [5.74, 6) is -0.0242. The molecule has 0 N–H and O–H groups in total. The molecule has 1 atom stereocenters. The van der Waals surface area contributed by atoms with Crippen LogP contribution in [-0.2, 0) is 9.84 Å². The molecule has 3 aromatic rings. The lowest BCUT2D eigenvalue weighted by Gasteiger charge is -2.18. The normalized spacial score (nSPS) is 12.7. The van der Waals surface area contributed by atoms with Crippen LogP contribution in [0.25, 0.3) is 0 Å². The Kier molecular flexibility index (Phi) is 6.93. The highest BCUT2D eigenvalue weighted by Gasteiger charge is 2.24. The quantitative estimate of drug-likeness (QED) is 0.339. The molecule has 0 fully saturated rings. The summed E-state index contributed by atoms with van der Waals surface area (Å²) >= 11 is 16.9. The van der Waals surface area contributed by atoms with Crippen LogP contribution < -0.4 is 0 Å². The number of thioether (sulfide) groups is 1. The van der Waals surface area contributed by atoms with Gasteiger partial charge in [-0.1, -0.05) is 69.5 Å². The van der Waals surface area contributed by atoms with Crippen molar-refractivity contribution in [3.63, 3.8) is 0 Å². The molecule has 0 saturated carbocycles. The van der Waals surface area contributed by atoms with Crippen LogP contribution in [0.1, 0.15) is 10.8 Å². The summed E-state index contributed by atoms with van der Waals surface area (Å²) < 4.78 is 26.8. The van der Waals surface area contributed by atoms with E-state index in [-0.39, 0.29) is 11.0 Å². The zero-order valence-corrected chi connectivity index (χ0v) is 18.7. The molecule has 0 aliphatic heterocycles. The van der Waals surface area contributed by atoms with Gasteiger partial charge < -0.3 is 0 Å². The van der Waals surface area contributed by atoms with Gasteiger partial charge in [-0.2, -0.15) is 0 Å². The second-order valence-corrected chi connectivity index (χ2v) is 10.9. The van der Waals surface area contributed by atoms with Gasteiger partial charge in [-0.05, 0) is 48.0 Å². The summed E-state index contributed by atoms with van der Waals surface area (Å²) in [6.07, 6.45) is 0. The van der Waals surface area contributed by atoms with E-state index in [1.54, 1.807) is 36.4 Å². The van der Waals surface area contributed by atoms with Gasteiger partial charge in [-0.25, -0.2) is 8.42 Å². The van der Waals surface area contributed by atoms with E-state index >= 15 is 0 Å². The van der Waals surface area contributed by atoms with Crippen molar-refractivity contribution >= 4 is 60.7 Å². The van der Waals surface area contributed by atoms with E-state index in [0.29, 0.717) is 14.9 Å². The smallest absolute Gasteiger partial charge is 0.179 e. The first-order valence-electron chi connectivity index (χ1n) is 8.00. The maximum atomic E-state index is 13.0. The minimum atomic E-state index is -3.46. The van der Waals surface area contributed by atoms with Crippen LogP contribution in [0.5, 0.6) is 0 Å². The molecule has 0 aromatic heterocycles. The van der Waals surface area contributed by atoms with Gasteiger partial charge in [0, 0.05) is 14.6 Å². The van der Waals surface area contributed by atoms with Crippen molar-refractivity contribution in [2.24, 2.45) is 0 Å². The van der Waals surface area contributed by atoms with Gasteiger partial charge in [0.2, 0.25) is 0 Å². The highest BCUT2D eigenvalue weighted by atomic mass is 79.9. The Morgan fingerprint density at radius 1 is 0.889 bits per heavy atom. The summed E-state index contributed by atoms with van der Waals surface area (Å²) in [7, 11) is -3.46. The van der Waals surface area contributed by atoms with Crippen molar-refractivity contribution in [1.82, 2.24) is 0 Å². The van der Waals surface area contributed by atoms with Crippen LogP contribution in [0.15, 0.2) is 87.1 Å². The standard InChI is InChI=1S/C20H15BrCl2O2S2/c21-15-6-9-17(10-7-15)27(24,25)13-20(14-4-2-1-3-5-14)26-16-8-11-18(22)19(23)12-16/h1-12,20H,13H2/t20-/m1/s1. The molecular formula is C20H15BrCl2O2S2. The number of sulfone groups is 1. The molecule has 0 aliphatic carbocycles. The monoisotopic (exact) mass is 500 g/mol. The molecular weight excluding hydrogens is 487 g/mol. The van der Waals surface area contributed by atoms with E-state index in [4.69, 9.17) is 23.2 Å². The van der Waals surface area contributed by atoms with Gasteiger partial charge in [0.1, 0.15) is 0 Å². The fourth-order valence-corrected chi connectivity index (χ4v) is 6.24. The maximum absolute atomic E-state index is 13.0. The second-order valence-electron chi connectivity index (χ2n) is 5.83. The first kappa shape index (κ1) is 20.7. The van der Waals surface area contributed by atoms with E-state index in [9.17, 15) is 8.42 Å². The average molecular weight is 502 g/mol. The van der Waals surface area contributed by atoms with Crippen LogP contribution in [0.2, 0.25) is 10.0 Å². The van der Waals surface area contributed by atoms with Crippen LogP contribution in [-0.4, -0.2) is 14.2 Å². The fraction of sp³-hybridized carbons (Fsp3) is 0.100. The van der Waals surface area contributed by atoms with Crippen molar-refractivity contribution in [2.45, 2.75) is 15.0 Å². The predicted molar refractivity (Wildman–Crippen MR) is 118 cm³/mol. The summed E-state index contributed by atoms with van der Waals surface area (Å²) in [5.41, 5.74) is 0.939. The molecule has 0 amide bonds. The van der Waals surface area contributed by atoms with Gasteiger partial charge in [0.15, 0.2) is 9.84 Å². The summed E-state index contributed by atoms with van der Waals surface area (Å²) in [4.78, 5) is 1.17. The molecule has 2 nitrogen and oxygen atoms in total. The van der Waals surface area contributed by atoms with E-state index in [1.165, 1.54) is 11.8 Å². The molecule has 140 valence electrons. The first-order chi connectivity index (χ1) is 12.8. The molecule has 0 heterocycles. The van der Waals surface area contributed by atoms with Gasteiger partial charge in [0.05, 0.1) is 20.7 Å². The molecule has 0 unspecified atom stereocenters. The maximum Gasteiger partial charge on any atom is 0.179 e. The molecule has 3 rings (SSSR count). The Bertz CT molecular complexity index is 1020. The van der Waals surface area contributed by atoms with Crippen LogP contribution in [0, 0.1) is 0 Å². The highest BCUT2D eigenvalue weighted by Crippen LogP contribution is 2.39. The minimum absolute atomic E-state index is 0.0242. The van der Waals surface area contributed by atoms with Gasteiger partial charge in [0.25, 0.3) is 0 Å². The minimum Gasteiger partial charge on any atom is -0.224 e. The largest absolute Gasteiger partial charge is 0.224 e. The molecule has 27 heavy (non-hydrogen) atoms. The number of hydrogen-bond donors (Lipinski definition) is 0.